The normalized spacial score (nSPS) is 39.5. The van der Waals surface area contributed by atoms with Gasteiger partial charge in [0.25, 0.3) is 0 Å². The molecule has 1 saturated carbocycles. The van der Waals surface area contributed by atoms with Gasteiger partial charge in [-0.2, -0.15) is 0 Å². The number of fused-ring (bicyclic) bond motifs is 1. The van der Waals surface area contributed by atoms with E-state index >= 15 is 0 Å². The van der Waals surface area contributed by atoms with Crippen LogP contribution in [0.2, 0.25) is 0 Å². The smallest absolute Gasteiger partial charge is 0.0759 e. The third kappa shape index (κ3) is 1.85. The molecule has 1 heterocycles. The zero-order valence-electron chi connectivity index (χ0n) is 12.4. The Bertz CT molecular complexity index is 465. The summed E-state index contributed by atoms with van der Waals surface area (Å²) in [6, 6.07) is 9.71. The number of ether oxygens (including phenoxy) is 1. The number of hydrogen-bond acceptors (Lipinski definition) is 2. The van der Waals surface area contributed by atoms with Crippen LogP contribution < -0.4 is 5.32 Å². The molecule has 1 spiro atoms. The molecule has 3 aliphatic rings. The van der Waals surface area contributed by atoms with Crippen LogP contribution >= 0.6 is 0 Å². The van der Waals surface area contributed by atoms with Crippen LogP contribution in [-0.4, -0.2) is 25.3 Å². The second kappa shape index (κ2) is 4.85. The quantitative estimate of drug-likeness (QED) is 0.848. The molecule has 0 radical (unpaired) electrons. The molecule has 20 heavy (non-hydrogen) atoms. The molecule has 1 aliphatic heterocycles. The van der Waals surface area contributed by atoms with Gasteiger partial charge in [0.05, 0.1) is 5.60 Å². The lowest BCUT2D eigenvalue weighted by molar-refractivity contribution is -0.135. The first-order valence-electron chi connectivity index (χ1n) is 8.20. The van der Waals surface area contributed by atoms with Gasteiger partial charge in [-0.3, -0.25) is 0 Å². The summed E-state index contributed by atoms with van der Waals surface area (Å²) in [5.41, 5.74) is 3.31. The topological polar surface area (TPSA) is 21.3 Å². The Hall–Kier alpha value is -0.860. The number of hydrogen-bond donors (Lipinski definition) is 1. The predicted octanol–water partition coefficient (Wildman–Crippen LogP) is 2.95. The van der Waals surface area contributed by atoms with E-state index in [1.165, 1.54) is 38.5 Å². The highest BCUT2D eigenvalue weighted by atomic mass is 16.5. The molecule has 1 saturated heterocycles. The van der Waals surface area contributed by atoms with E-state index < -0.39 is 0 Å². The molecule has 0 aromatic heterocycles. The first-order chi connectivity index (χ1) is 9.82. The van der Waals surface area contributed by atoms with Crippen LogP contribution in [0, 0.1) is 11.8 Å². The van der Waals surface area contributed by atoms with Crippen molar-refractivity contribution in [3.8, 4) is 0 Å². The fourth-order valence-electron chi connectivity index (χ4n) is 5.01. The monoisotopic (exact) mass is 271 g/mol. The fourth-order valence-corrected chi connectivity index (χ4v) is 5.01. The Balaban J connectivity index is 1.70. The molecule has 3 unspecified atom stereocenters. The third-order valence-electron chi connectivity index (χ3n) is 6.11. The maximum absolute atomic E-state index is 6.50. The maximum atomic E-state index is 6.50. The minimum absolute atomic E-state index is 0.158. The van der Waals surface area contributed by atoms with Gasteiger partial charge < -0.3 is 10.1 Å². The molecule has 2 nitrogen and oxygen atoms in total. The molecule has 2 aliphatic carbocycles. The van der Waals surface area contributed by atoms with Crippen molar-refractivity contribution < 1.29 is 4.74 Å². The number of benzene rings is 1. The summed E-state index contributed by atoms with van der Waals surface area (Å²) >= 11 is 0. The van der Waals surface area contributed by atoms with Gasteiger partial charge in [-0.25, -0.2) is 0 Å². The van der Waals surface area contributed by atoms with Gasteiger partial charge in [-0.05, 0) is 68.5 Å². The molecule has 1 N–H and O–H groups in total. The van der Waals surface area contributed by atoms with Gasteiger partial charge in [0, 0.05) is 12.6 Å². The van der Waals surface area contributed by atoms with Crippen molar-refractivity contribution in [2.75, 3.05) is 13.7 Å². The molecule has 108 valence electrons. The van der Waals surface area contributed by atoms with Crippen molar-refractivity contribution in [2.45, 2.75) is 50.2 Å². The molecule has 2 fully saturated rings. The minimum Gasteiger partial charge on any atom is -0.374 e. The molecule has 1 aromatic rings. The van der Waals surface area contributed by atoms with Crippen LogP contribution in [0.3, 0.4) is 0 Å². The standard InChI is InChI=1S/C18H25NO/c1-19-17-8-9-20-18(12-17)15-6-7-16(18)11-14-5-3-2-4-13(14)10-15/h2-5,15-17,19H,6-12H2,1H3. The average molecular weight is 271 g/mol. The number of nitrogens with one attached hydrogen (secondary N) is 1. The number of rotatable bonds is 1. The molecule has 3 atom stereocenters. The predicted molar refractivity (Wildman–Crippen MR) is 80.8 cm³/mol. The van der Waals surface area contributed by atoms with Crippen LogP contribution in [0.25, 0.3) is 0 Å². The van der Waals surface area contributed by atoms with Gasteiger partial charge in [-0.1, -0.05) is 24.3 Å². The largest absolute Gasteiger partial charge is 0.374 e. The van der Waals surface area contributed by atoms with Gasteiger partial charge in [-0.15, -0.1) is 0 Å². The Labute approximate surface area is 121 Å². The van der Waals surface area contributed by atoms with Gasteiger partial charge in [0.2, 0.25) is 0 Å². The van der Waals surface area contributed by atoms with E-state index in [1.807, 2.05) is 0 Å². The molecule has 4 rings (SSSR count). The van der Waals surface area contributed by atoms with E-state index in [1.54, 1.807) is 11.1 Å². The summed E-state index contributed by atoms with van der Waals surface area (Å²) in [5.74, 6) is 1.46. The van der Waals surface area contributed by atoms with Crippen molar-refractivity contribution in [1.82, 2.24) is 5.32 Å². The van der Waals surface area contributed by atoms with E-state index in [0.29, 0.717) is 6.04 Å². The summed E-state index contributed by atoms with van der Waals surface area (Å²) in [5, 5.41) is 3.51. The van der Waals surface area contributed by atoms with E-state index in [4.69, 9.17) is 4.74 Å². The Kier molecular flexibility index (Phi) is 3.12. The van der Waals surface area contributed by atoms with Crippen molar-refractivity contribution in [1.29, 1.82) is 0 Å². The summed E-state index contributed by atoms with van der Waals surface area (Å²) in [6.07, 6.45) is 7.55. The van der Waals surface area contributed by atoms with Crippen LogP contribution in [0.1, 0.15) is 36.8 Å². The first-order valence-corrected chi connectivity index (χ1v) is 8.20. The lowest BCUT2D eigenvalue weighted by Gasteiger charge is -2.45. The van der Waals surface area contributed by atoms with E-state index in [-0.39, 0.29) is 5.60 Å². The fraction of sp³-hybridized carbons (Fsp3) is 0.667. The summed E-state index contributed by atoms with van der Waals surface area (Å²) in [6.45, 7) is 0.939. The molecular formula is C18H25NO. The molecule has 1 aromatic carbocycles. The van der Waals surface area contributed by atoms with Crippen molar-refractivity contribution in [3.63, 3.8) is 0 Å². The third-order valence-corrected chi connectivity index (χ3v) is 6.11. The molecule has 0 amide bonds. The summed E-state index contributed by atoms with van der Waals surface area (Å²) in [4.78, 5) is 0. The lowest BCUT2D eigenvalue weighted by atomic mass is 9.75. The van der Waals surface area contributed by atoms with Crippen LogP contribution in [0.4, 0.5) is 0 Å². The van der Waals surface area contributed by atoms with Gasteiger partial charge in [0.1, 0.15) is 0 Å². The summed E-state index contributed by atoms with van der Waals surface area (Å²) < 4.78 is 6.50. The average Bonchev–Trinajstić information content (AvgIpc) is 2.70. The first kappa shape index (κ1) is 12.8. The Morgan fingerprint density at radius 1 is 1.05 bits per heavy atom. The van der Waals surface area contributed by atoms with E-state index in [9.17, 15) is 0 Å². The molecular weight excluding hydrogens is 246 g/mol. The summed E-state index contributed by atoms with van der Waals surface area (Å²) in [7, 11) is 2.11. The van der Waals surface area contributed by atoms with Crippen molar-refractivity contribution in [2.24, 2.45) is 11.8 Å². The van der Waals surface area contributed by atoms with E-state index in [2.05, 4.69) is 36.6 Å². The minimum atomic E-state index is 0.158. The van der Waals surface area contributed by atoms with Gasteiger partial charge in [0.15, 0.2) is 0 Å². The maximum Gasteiger partial charge on any atom is 0.0759 e. The van der Waals surface area contributed by atoms with Crippen molar-refractivity contribution in [3.05, 3.63) is 35.4 Å². The Morgan fingerprint density at radius 2 is 1.70 bits per heavy atom. The Morgan fingerprint density at radius 3 is 2.30 bits per heavy atom. The molecule has 2 heteroatoms. The van der Waals surface area contributed by atoms with E-state index in [0.717, 1.165) is 18.4 Å². The second-order valence-electron chi connectivity index (χ2n) is 6.93. The van der Waals surface area contributed by atoms with Crippen LogP contribution in [0.5, 0.6) is 0 Å². The second-order valence-corrected chi connectivity index (χ2v) is 6.93. The zero-order valence-corrected chi connectivity index (χ0v) is 12.4. The highest BCUT2D eigenvalue weighted by Gasteiger charge is 2.54. The highest BCUT2D eigenvalue weighted by molar-refractivity contribution is 5.32. The highest BCUT2D eigenvalue weighted by Crippen LogP contribution is 2.52. The lowest BCUT2D eigenvalue weighted by Crippen LogP contribution is -2.52. The van der Waals surface area contributed by atoms with Crippen LogP contribution in [-0.2, 0) is 17.6 Å². The SMILES string of the molecule is CNC1CCOC2(C1)C1CCC2Cc2ccccc2C1. The van der Waals surface area contributed by atoms with Gasteiger partial charge >= 0.3 is 0 Å². The molecule has 2 bridgehead atoms. The zero-order chi connectivity index (χ0) is 13.6. The van der Waals surface area contributed by atoms with Crippen molar-refractivity contribution >= 4 is 0 Å². The van der Waals surface area contributed by atoms with Crippen LogP contribution in [0.15, 0.2) is 24.3 Å².